The van der Waals surface area contributed by atoms with E-state index in [0.29, 0.717) is 19.6 Å². The van der Waals surface area contributed by atoms with Gasteiger partial charge in [-0.15, -0.1) is 0 Å². The summed E-state index contributed by atoms with van der Waals surface area (Å²) < 4.78 is 0. The van der Waals surface area contributed by atoms with E-state index in [1.807, 2.05) is 12.1 Å². The third-order valence-electron chi connectivity index (χ3n) is 2.38. The quantitative estimate of drug-likeness (QED) is 0.826. The van der Waals surface area contributed by atoms with E-state index in [0.717, 1.165) is 12.0 Å². The fourth-order valence-electron chi connectivity index (χ4n) is 1.52. The van der Waals surface area contributed by atoms with Crippen LogP contribution in [0.4, 0.5) is 4.79 Å². The monoisotopic (exact) mass is 236 g/mol. The Morgan fingerprint density at radius 2 is 2.24 bits per heavy atom. The maximum atomic E-state index is 11.9. The van der Waals surface area contributed by atoms with E-state index >= 15 is 0 Å². The Kier molecular flexibility index (Phi) is 5.42. The molecule has 0 spiro atoms. The van der Waals surface area contributed by atoms with Crippen LogP contribution in [0.3, 0.4) is 0 Å². The highest BCUT2D eigenvalue weighted by atomic mass is 16.2. The summed E-state index contributed by atoms with van der Waals surface area (Å²) in [4.78, 5) is 19.3. The van der Waals surface area contributed by atoms with Gasteiger partial charge in [-0.05, 0) is 24.6 Å². The van der Waals surface area contributed by atoms with Gasteiger partial charge in [0.15, 0.2) is 0 Å². The first kappa shape index (κ1) is 13.4. The summed E-state index contributed by atoms with van der Waals surface area (Å²) in [5.74, 6) is 0. The predicted molar refractivity (Wildman–Crippen MR) is 67.4 cm³/mol. The third kappa shape index (κ3) is 4.40. The molecule has 0 saturated heterocycles. The summed E-state index contributed by atoms with van der Waals surface area (Å²) in [6.45, 7) is 1.83. The molecule has 1 aromatic heterocycles. The highest BCUT2D eigenvalue weighted by Crippen LogP contribution is 2.05. The second-order valence-corrected chi connectivity index (χ2v) is 4.10. The lowest BCUT2D eigenvalue weighted by molar-refractivity contribution is 0.168. The minimum Gasteiger partial charge on any atom is -0.331 e. The Morgan fingerprint density at radius 1 is 1.47 bits per heavy atom. The Bertz CT molecular complexity index is 340. The smallest absolute Gasteiger partial charge is 0.319 e. The van der Waals surface area contributed by atoms with Crippen LogP contribution in [0.25, 0.3) is 0 Å². The number of rotatable bonds is 5. The van der Waals surface area contributed by atoms with E-state index in [1.165, 1.54) is 0 Å². The van der Waals surface area contributed by atoms with Gasteiger partial charge < -0.3 is 15.5 Å². The van der Waals surface area contributed by atoms with Crippen LogP contribution in [0.2, 0.25) is 0 Å². The molecule has 94 valence electrons. The number of pyridine rings is 1. The Hall–Kier alpha value is -1.62. The van der Waals surface area contributed by atoms with E-state index in [-0.39, 0.29) is 6.03 Å². The van der Waals surface area contributed by atoms with E-state index in [4.69, 9.17) is 5.73 Å². The average molecular weight is 236 g/mol. The second kappa shape index (κ2) is 6.85. The minimum atomic E-state index is 0.00213. The molecule has 0 radical (unpaired) electrons. The number of hydrogen-bond acceptors (Lipinski definition) is 3. The third-order valence-corrected chi connectivity index (χ3v) is 2.38. The summed E-state index contributed by atoms with van der Waals surface area (Å²) in [7, 11) is 3.50. The summed E-state index contributed by atoms with van der Waals surface area (Å²) in [5.41, 5.74) is 6.51. The molecule has 0 atom stereocenters. The van der Waals surface area contributed by atoms with E-state index in [2.05, 4.69) is 4.98 Å². The number of hydrogen-bond donors (Lipinski definition) is 1. The molecule has 17 heavy (non-hydrogen) atoms. The summed E-state index contributed by atoms with van der Waals surface area (Å²) in [6, 6.07) is 3.84. The van der Waals surface area contributed by atoms with Gasteiger partial charge in [-0.25, -0.2) is 4.79 Å². The Morgan fingerprint density at radius 3 is 2.76 bits per heavy atom. The summed E-state index contributed by atoms with van der Waals surface area (Å²) >= 11 is 0. The lowest BCUT2D eigenvalue weighted by Crippen LogP contribution is -2.39. The van der Waals surface area contributed by atoms with Crippen molar-refractivity contribution in [2.75, 3.05) is 27.2 Å². The van der Waals surface area contributed by atoms with Crippen molar-refractivity contribution >= 4 is 6.03 Å². The molecule has 2 amide bonds. The molecule has 0 aromatic carbocycles. The zero-order valence-corrected chi connectivity index (χ0v) is 10.5. The van der Waals surface area contributed by atoms with Crippen molar-refractivity contribution in [2.45, 2.75) is 13.0 Å². The SMILES string of the molecule is CN(C)C(=O)N(CCCN)Cc1cccnc1. The number of aromatic nitrogens is 1. The second-order valence-electron chi connectivity index (χ2n) is 4.10. The molecule has 1 aromatic rings. The van der Waals surface area contributed by atoms with E-state index in [1.54, 1.807) is 36.3 Å². The van der Waals surface area contributed by atoms with Gasteiger partial charge in [0.25, 0.3) is 0 Å². The predicted octanol–water partition coefficient (Wildman–Crippen LogP) is 0.914. The van der Waals surface area contributed by atoms with Gasteiger partial charge in [-0.1, -0.05) is 6.07 Å². The Labute approximate surface area is 102 Å². The maximum Gasteiger partial charge on any atom is 0.319 e. The number of nitrogens with two attached hydrogens (primary N) is 1. The first-order chi connectivity index (χ1) is 8.15. The number of carbonyl (C=O) groups is 1. The van der Waals surface area contributed by atoms with Gasteiger partial charge in [0, 0.05) is 39.6 Å². The lowest BCUT2D eigenvalue weighted by atomic mass is 10.2. The number of urea groups is 1. The molecule has 2 N–H and O–H groups in total. The standard InChI is InChI=1S/C12H20N4O/c1-15(2)12(17)16(8-4-6-13)10-11-5-3-7-14-9-11/h3,5,7,9H,4,6,8,10,13H2,1-2H3. The maximum absolute atomic E-state index is 11.9. The lowest BCUT2D eigenvalue weighted by Gasteiger charge is -2.26. The van der Waals surface area contributed by atoms with Crippen molar-refractivity contribution < 1.29 is 4.79 Å². The number of amides is 2. The van der Waals surface area contributed by atoms with Gasteiger partial charge in [-0.2, -0.15) is 0 Å². The van der Waals surface area contributed by atoms with Crippen molar-refractivity contribution in [1.82, 2.24) is 14.8 Å². The number of carbonyl (C=O) groups excluding carboxylic acids is 1. The topological polar surface area (TPSA) is 62.5 Å². The number of nitrogens with zero attached hydrogens (tertiary/aromatic N) is 3. The summed E-state index contributed by atoms with van der Waals surface area (Å²) in [5, 5.41) is 0. The largest absolute Gasteiger partial charge is 0.331 e. The van der Waals surface area contributed by atoms with Crippen LogP contribution in [0, 0.1) is 0 Å². The molecular formula is C12H20N4O. The van der Waals surface area contributed by atoms with Crippen molar-refractivity contribution in [1.29, 1.82) is 0 Å². The van der Waals surface area contributed by atoms with Crippen LogP contribution in [0.15, 0.2) is 24.5 Å². The molecule has 0 aliphatic heterocycles. The average Bonchev–Trinajstić information content (AvgIpc) is 2.34. The highest BCUT2D eigenvalue weighted by Gasteiger charge is 2.15. The van der Waals surface area contributed by atoms with Gasteiger partial charge in [-0.3, -0.25) is 4.98 Å². The Balaban J connectivity index is 2.66. The van der Waals surface area contributed by atoms with Gasteiger partial charge in [0.1, 0.15) is 0 Å². The first-order valence-electron chi connectivity index (χ1n) is 5.70. The zero-order valence-electron chi connectivity index (χ0n) is 10.5. The molecule has 0 bridgehead atoms. The van der Waals surface area contributed by atoms with Crippen molar-refractivity contribution in [2.24, 2.45) is 5.73 Å². The molecule has 0 aliphatic carbocycles. The molecule has 5 nitrogen and oxygen atoms in total. The molecule has 1 heterocycles. The molecule has 0 saturated carbocycles. The van der Waals surface area contributed by atoms with Crippen LogP contribution in [0.1, 0.15) is 12.0 Å². The van der Waals surface area contributed by atoms with Gasteiger partial charge in [0.05, 0.1) is 0 Å². The molecule has 5 heteroatoms. The van der Waals surface area contributed by atoms with Crippen LogP contribution in [-0.2, 0) is 6.54 Å². The highest BCUT2D eigenvalue weighted by molar-refractivity contribution is 5.73. The van der Waals surface area contributed by atoms with Gasteiger partial charge in [0.2, 0.25) is 0 Å². The van der Waals surface area contributed by atoms with E-state index < -0.39 is 0 Å². The molecule has 0 unspecified atom stereocenters. The normalized spacial score (nSPS) is 10.1. The fourth-order valence-corrected chi connectivity index (χ4v) is 1.52. The van der Waals surface area contributed by atoms with Crippen LogP contribution in [-0.4, -0.2) is 48.0 Å². The van der Waals surface area contributed by atoms with Crippen LogP contribution in [0.5, 0.6) is 0 Å². The molecular weight excluding hydrogens is 216 g/mol. The molecule has 0 aliphatic rings. The van der Waals surface area contributed by atoms with E-state index in [9.17, 15) is 4.79 Å². The van der Waals surface area contributed by atoms with Crippen LogP contribution >= 0.6 is 0 Å². The zero-order chi connectivity index (χ0) is 12.7. The van der Waals surface area contributed by atoms with Gasteiger partial charge >= 0.3 is 6.03 Å². The van der Waals surface area contributed by atoms with Crippen LogP contribution < -0.4 is 5.73 Å². The van der Waals surface area contributed by atoms with Crippen molar-refractivity contribution in [3.63, 3.8) is 0 Å². The summed E-state index contributed by atoms with van der Waals surface area (Å²) in [6.07, 6.45) is 4.31. The first-order valence-corrected chi connectivity index (χ1v) is 5.70. The van der Waals surface area contributed by atoms with Crippen molar-refractivity contribution in [3.05, 3.63) is 30.1 Å². The fraction of sp³-hybridized carbons (Fsp3) is 0.500. The van der Waals surface area contributed by atoms with Crippen molar-refractivity contribution in [3.8, 4) is 0 Å². The minimum absolute atomic E-state index is 0.00213. The molecule has 1 rings (SSSR count). The molecule has 0 fully saturated rings.